The molecule has 0 N–H and O–H groups in total. The SMILES string of the molecule is CCC(CC)(OC)C(=O)CCCS(C)(=O)=O. The number of Topliss-reactive ketones (excluding diaryl/α,β-unsaturated/α-hetero) is 1. The van der Waals surface area contributed by atoms with Gasteiger partial charge in [-0.1, -0.05) is 13.8 Å². The van der Waals surface area contributed by atoms with Gasteiger partial charge in [0.15, 0.2) is 5.78 Å². The molecule has 0 radical (unpaired) electrons. The molecule has 0 unspecified atom stereocenters. The summed E-state index contributed by atoms with van der Waals surface area (Å²) >= 11 is 0. The van der Waals surface area contributed by atoms with Gasteiger partial charge in [0.05, 0.1) is 5.75 Å². The van der Waals surface area contributed by atoms with Crippen molar-refractivity contribution >= 4 is 15.6 Å². The Kier molecular flexibility index (Phi) is 6.18. The van der Waals surface area contributed by atoms with Crippen LogP contribution in [0, 0.1) is 0 Å². The largest absolute Gasteiger partial charge is 0.370 e. The minimum atomic E-state index is -2.98. The van der Waals surface area contributed by atoms with Crippen molar-refractivity contribution < 1.29 is 17.9 Å². The summed E-state index contributed by atoms with van der Waals surface area (Å²) in [5.41, 5.74) is -0.725. The average molecular weight is 250 g/mol. The van der Waals surface area contributed by atoms with Crippen LogP contribution in [-0.2, 0) is 19.4 Å². The molecule has 0 bridgehead atoms. The number of carbonyl (C=O) groups excluding carboxylic acids is 1. The molecule has 0 rings (SSSR count). The van der Waals surface area contributed by atoms with E-state index in [4.69, 9.17) is 4.74 Å². The van der Waals surface area contributed by atoms with Crippen molar-refractivity contribution in [3.8, 4) is 0 Å². The van der Waals surface area contributed by atoms with Crippen molar-refractivity contribution in [3.63, 3.8) is 0 Å². The highest BCUT2D eigenvalue weighted by molar-refractivity contribution is 7.90. The zero-order valence-corrected chi connectivity index (χ0v) is 11.4. The van der Waals surface area contributed by atoms with Gasteiger partial charge in [-0.05, 0) is 19.3 Å². The zero-order valence-electron chi connectivity index (χ0n) is 10.6. The Balaban J connectivity index is 4.34. The number of sulfone groups is 1. The van der Waals surface area contributed by atoms with E-state index in [1.165, 1.54) is 13.4 Å². The fraction of sp³-hybridized carbons (Fsp3) is 0.909. The molecule has 5 heteroatoms. The molecule has 16 heavy (non-hydrogen) atoms. The molecule has 0 atom stereocenters. The summed E-state index contributed by atoms with van der Waals surface area (Å²) in [6.45, 7) is 3.81. The Bertz CT molecular complexity index is 307. The minimum absolute atomic E-state index is 0.00338. The topological polar surface area (TPSA) is 60.4 Å². The molecule has 0 saturated carbocycles. The summed E-state index contributed by atoms with van der Waals surface area (Å²) in [4.78, 5) is 11.9. The summed E-state index contributed by atoms with van der Waals surface area (Å²) in [6, 6.07) is 0. The number of ketones is 1. The van der Waals surface area contributed by atoms with Crippen molar-refractivity contribution in [2.24, 2.45) is 0 Å². The lowest BCUT2D eigenvalue weighted by Gasteiger charge is -2.28. The van der Waals surface area contributed by atoms with Crippen molar-refractivity contribution in [2.45, 2.75) is 45.1 Å². The number of hydrogen-bond donors (Lipinski definition) is 0. The van der Waals surface area contributed by atoms with Gasteiger partial charge in [-0.25, -0.2) is 8.42 Å². The highest BCUT2D eigenvalue weighted by Gasteiger charge is 2.33. The van der Waals surface area contributed by atoms with Crippen molar-refractivity contribution in [3.05, 3.63) is 0 Å². The van der Waals surface area contributed by atoms with E-state index in [2.05, 4.69) is 0 Å². The minimum Gasteiger partial charge on any atom is -0.370 e. The summed E-state index contributed by atoms with van der Waals surface area (Å²) in [6.07, 6.45) is 3.07. The maximum absolute atomic E-state index is 11.9. The summed E-state index contributed by atoms with van der Waals surface area (Å²) in [5.74, 6) is 0.0649. The molecule has 0 aliphatic rings. The van der Waals surface area contributed by atoms with Crippen LogP contribution in [0.4, 0.5) is 0 Å². The van der Waals surface area contributed by atoms with E-state index in [-0.39, 0.29) is 18.0 Å². The molecule has 4 nitrogen and oxygen atoms in total. The van der Waals surface area contributed by atoms with Crippen LogP contribution in [0.2, 0.25) is 0 Å². The van der Waals surface area contributed by atoms with E-state index < -0.39 is 15.4 Å². The third kappa shape index (κ3) is 4.61. The van der Waals surface area contributed by atoms with Crippen LogP contribution in [-0.4, -0.2) is 38.9 Å². The normalized spacial score (nSPS) is 12.8. The van der Waals surface area contributed by atoms with E-state index in [0.29, 0.717) is 19.3 Å². The van der Waals surface area contributed by atoms with E-state index in [1.807, 2.05) is 13.8 Å². The molecule has 0 fully saturated rings. The predicted octanol–water partition coefficient (Wildman–Crippen LogP) is 1.59. The van der Waals surface area contributed by atoms with Gasteiger partial charge in [0, 0.05) is 19.8 Å². The van der Waals surface area contributed by atoms with Crippen LogP contribution in [0.5, 0.6) is 0 Å². The monoisotopic (exact) mass is 250 g/mol. The smallest absolute Gasteiger partial charge is 0.164 e. The second-order valence-corrected chi connectivity index (χ2v) is 6.32. The molecule has 0 aliphatic heterocycles. The van der Waals surface area contributed by atoms with E-state index in [9.17, 15) is 13.2 Å². The molecular weight excluding hydrogens is 228 g/mol. The Morgan fingerprint density at radius 2 is 1.75 bits per heavy atom. The molecule has 0 aromatic rings. The Hall–Kier alpha value is -0.420. The van der Waals surface area contributed by atoms with E-state index in [1.54, 1.807) is 0 Å². The third-order valence-electron chi connectivity index (χ3n) is 2.96. The molecule has 0 aliphatic carbocycles. The van der Waals surface area contributed by atoms with Crippen LogP contribution >= 0.6 is 0 Å². The van der Waals surface area contributed by atoms with Crippen LogP contribution in [0.15, 0.2) is 0 Å². The van der Waals surface area contributed by atoms with Gasteiger partial charge in [0.1, 0.15) is 15.4 Å². The van der Waals surface area contributed by atoms with E-state index in [0.717, 1.165) is 0 Å². The maximum atomic E-state index is 11.9. The van der Waals surface area contributed by atoms with Gasteiger partial charge >= 0.3 is 0 Å². The highest BCUT2D eigenvalue weighted by Crippen LogP contribution is 2.23. The third-order valence-corrected chi connectivity index (χ3v) is 3.99. The van der Waals surface area contributed by atoms with Gasteiger partial charge in [0.2, 0.25) is 0 Å². The molecule has 0 amide bonds. The Labute approximate surface area is 98.3 Å². The highest BCUT2D eigenvalue weighted by atomic mass is 32.2. The van der Waals surface area contributed by atoms with Crippen molar-refractivity contribution in [1.29, 1.82) is 0 Å². The predicted molar refractivity (Wildman–Crippen MR) is 64.3 cm³/mol. The zero-order chi connectivity index (χ0) is 12.8. The van der Waals surface area contributed by atoms with Crippen molar-refractivity contribution in [1.82, 2.24) is 0 Å². The molecule has 0 spiro atoms. The van der Waals surface area contributed by atoms with Gasteiger partial charge in [0.25, 0.3) is 0 Å². The first-order chi connectivity index (χ1) is 7.31. The molecule has 0 saturated heterocycles. The van der Waals surface area contributed by atoms with Gasteiger partial charge in [-0.15, -0.1) is 0 Å². The first-order valence-electron chi connectivity index (χ1n) is 5.57. The van der Waals surface area contributed by atoms with Crippen LogP contribution < -0.4 is 0 Å². The number of hydrogen-bond acceptors (Lipinski definition) is 4. The fourth-order valence-electron chi connectivity index (χ4n) is 1.77. The lowest BCUT2D eigenvalue weighted by molar-refractivity contribution is -0.142. The van der Waals surface area contributed by atoms with E-state index >= 15 is 0 Å². The second kappa shape index (κ2) is 6.35. The standard InChI is InChI=1S/C11H22O4S/c1-5-11(6-2,15-3)10(12)8-7-9-16(4,13)14/h5-9H2,1-4H3. The molecular formula is C11H22O4S. The lowest BCUT2D eigenvalue weighted by Crippen LogP contribution is -2.39. The first-order valence-corrected chi connectivity index (χ1v) is 7.63. The quantitative estimate of drug-likeness (QED) is 0.656. The first kappa shape index (κ1) is 15.6. The lowest BCUT2D eigenvalue weighted by atomic mass is 9.89. The number of ether oxygens (including phenoxy) is 1. The number of carbonyl (C=O) groups is 1. The average Bonchev–Trinajstić information content (AvgIpc) is 2.19. The van der Waals surface area contributed by atoms with Gasteiger partial charge < -0.3 is 4.74 Å². The summed E-state index contributed by atoms with van der Waals surface area (Å²) in [5, 5.41) is 0. The number of methoxy groups -OCH3 is 1. The molecule has 0 aromatic carbocycles. The second-order valence-electron chi connectivity index (χ2n) is 4.06. The van der Waals surface area contributed by atoms with Crippen molar-refractivity contribution in [2.75, 3.05) is 19.1 Å². The van der Waals surface area contributed by atoms with Crippen LogP contribution in [0.25, 0.3) is 0 Å². The van der Waals surface area contributed by atoms with Gasteiger partial charge in [-0.3, -0.25) is 4.79 Å². The molecule has 0 aromatic heterocycles. The summed E-state index contributed by atoms with van der Waals surface area (Å²) < 4.78 is 27.1. The van der Waals surface area contributed by atoms with Crippen LogP contribution in [0.1, 0.15) is 39.5 Å². The van der Waals surface area contributed by atoms with Gasteiger partial charge in [-0.2, -0.15) is 0 Å². The molecule has 96 valence electrons. The van der Waals surface area contributed by atoms with Crippen LogP contribution in [0.3, 0.4) is 0 Å². The summed E-state index contributed by atoms with van der Waals surface area (Å²) in [7, 11) is -1.45. The fourth-order valence-corrected chi connectivity index (χ4v) is 2.44. The maximum Gasteiger partial charge on any atom is 0.164 e. The Morgan fingerprint density at radius 3 is 2.06 bits per heavy atom. The molecule has 0 heterocycles. The Morgan fingerprint density at radius 1 is 1.25 bits per heavy atom. The number of rotatable bonds is 8.